The number of nitrogens with one attached hydrogen (secondary N) is 1. The van der Waals surface area contributed by atoms with Gasteiger partial charge in [-0.1, -0.05) is 18.2 Å². The molecule has 0 bridgehead atoms. The standard InChI is InChI=1S/C19H26N4O3S/c1-3-22(4-2)19(24)15-8-7-11-23(14-15)27(25,26)18-10-6-5-9-17(18)16-12-20-21-13-16/h5-6,9-10,12-13,15H,3-4,7-8,11,14H2,1-2H3,(H,20,21). The molecule has 1 aliphatic heterocycles. The second-order valence-electron chi connectivity index (χ2n) is 6.70. The van der Waals surface area contributed by atoms with Crippen LogP contribution in [0, 0.1) is 5.92 Å². The number of piperidine rings is 1. The van der Waals surface area contributed by atoms with E-state index in [-0.39, 0.29) is 23.3 Å². The molecule has 1 saturated heterocycles. The van der Waals surface area contributed by atoms with Crippen molar-refractivity contribution in [2.45, 2.75) is 31.6 Å². The lowest BCUT2D eigenvalue weighted by molar-refractivity contribution is -0.136. The molecule has 1 fully saturated rings. The number of sulfonamides is 1. The van der Waals surface area contributed by atoms with E-state index in [0.717, 1.165) is 12.0 Å². The summed E-state index contributed by atoms with van der Waals surface area (Å²) >= 11 is 0. The fourth-order valence-electron chi connectivity index (χ4n) is 3.62. The first-order valence-electron chi connectivity index (χ1n) is 9.36. The quantitative estimate of drug-likeness (QED) is 0.820. The number of nitrogens with zero attached hydrogens (tertiary/aromatic N) is 3. The zero-order valence-electron chi connectivity index (χ0n) is 15.8. The van der Waals surface area contributed by atoms with Gasteiger partial charge in [-0.2, -0.15) is 9.40 Å². The smallest absolute Gasteiger partial charge is 0.243 e. The number of carbonyl (C=O) groups is 1. The van der Waals surface area contributed by atoms with Gasteiger partial charge >= 0.3 is 0 Å². The van der Waals surface area contributed by atoms with Gasteiger partial charge in [-0.3, -0.25) is 9.89 Å². The van der Waals surface area contributed by atoms with Gasteiger partial charge in [-0.05, 0) is 32.8 Å². The van der Waals surface area contributed by atoms with Gasteiger partial charge in [0.15, 0.2) is 0 Å². The van der Waals surface area contributed by atoms with Crippen LogP contribution in [-0.2, 0) is 14.8 Å². The third kappa shape index (κ3) is 3.91. The van der Waals surface area contributed by atoms with E-state index in [2.05, 4.69) is 10.2 Å². The number of hydrogen-bond acceptors (Lipinski definition) is 4. The first-order valence-corrected chi connectivity index (χ1v) is 10.8. The maximum absolute atomic E-state index is 13.4. The Bertz CT molecular complexity index is 876. The lowest BCUT2D eigenvalue weighted by Crippen LogP contribution is -2.46. The van der Waals surface area contributed by atoms with Crippen molar-refractivity contribution in [2.24, 2.45) is 5.92 Å². The molecular formula is C19H26N4O3S. The molecule has 1 N–H and O–H groups in total. The van der Waals surface area contributed by atoms with Gasteiger partial charge in [-0.15, -0.1) is 0 Å². The highest BCUT2D eigenvalue weighted by Gasteiger charge is 2.35. The van der Waals surface area contributed by atoms with Crippen LogP contribution in [0.1, 0.15) is 26.7 Å². The molecule has 2 aromatic rings. The molecule has 146 valence electrons. The number of rotatable bonds is 6. The fraction of sp³-hybridized carbons (Fsp3) is 0.474. The van der Waals surface area contributed by atoms with Crippen molar-refractivity contribution < 1.29 is 13.2 Å². The summed E-state index contributed by atoms with van der Waals surface area (Å²) in [6.07, 6.45) is 4.70. The zero-order valence-corrected chi connectivity index (χ0v) is 16.6. The predicted octanol–water partition coefficient (Wildman–Crippen LogP) is 2.35. The van der Waals surface area contributed by atoms with Crippen molar-refractivity contribution >= 4 is 15.9 Å². The summed E-state index contributed by atoms with van der Waals surface area (Å²) in [4.78, 5) is 14.7. The lowest BCUT2D eigenvalue weighted by Gasteiger charge is -2.34. The minimum Gasteiger partial charge on any atom is -0.343 e. The van der Waals surface area contributed by atoms with E-state index in [1.54, 1.807) is 35.5 Å². The fourth-order valence-corrected chi connectivity index (χ4v) is 5.36. The second-order valence-corrected chi connectivity index (χ2v) is 8.60. The summed E-state index contributed by atoms with van der Waals surface area (Å²) in [5.74, 6) is -0.238. The summed E-state index contributed by atoms with van der Waals surface area (Å²) in [5.41, 5.74) is 1.34. The van der Waals surface area contributed by atoms with E-state index in [0.29, 0.717) is 31.6 Å². The van der Waals surface area contributed by atoms with Gasteiger partial charge in [0.05, 0.1) is 17.0 Å². The molecule has 0 saturated carbocycles. The molecule has 8 heteroatoms. The molecule has 1 atom stereocenters. The maximum atomic E-state index is 13.4. The Labute approximate surface area is 160 Å². The Morgan fingerprint density at radius 3 is 2.70 bits per heavy atom. The van der Waals surface area contributed by atoms with Gasteiger partial charge < -0.3 is 4.90 Å². The average Bonchev–Trinajstić information content (AvgIpc) is 3.23. The Kier molecular flexibility index (Phi) is 5.96. The number of benzene rings is 1. The van der Waals surface area contributed by atoms with Crippen LogP contribution in [-0.4, -0.2) is 59.9 Å². The molecule has 3 rings (SSSR count). The molecule has 1 aromatic carbocycles. The van der Waals surface area contributed by atoms with E-state index in [4.69, 9.17) is 0 Å². The number of H-pyrrole nitrogens is 1. The van der Waals surface area contributed by atoms with Gasteiger partial charge in [0.2, 0.25) is 15.9 Å². The highest BCUT2D eigenvalue weighted by atomic mass is 32.2. The summed E-state index contributed by atoms with van der Waals surface area (Å²) in [7, 11) is -3.70. The minimum absolute atomic E-state index is 0.0445. The monoisotopic (exact) mass is 390 g/mol. The average molecular weight is 391 g/mol. The van der Waals surface area contributed by atoms with Gasteiger partial charge in [0, 0.05) is 43.5 Å². The number of amides is 1. The second kappa shape index (κ2) is 8.22. The Morgan fingerprint density at radius 2 is 2.04 bits per heavy atom. The Morgan fingerprint density at radius 1 is 1.30 bits per heavy atom. The third-order valence-corrected chi connectivity index (χ3v) is 7.05. The SMILES string of the molecule is CCN(CC)C(=O)C1CCCN(S(=O)(=O)c2ccccc2-c2cn[nH]c2)C1. The zero-order chi connectivity index (χ0) is 19.4. The molecule has 1 aromatic heterocycles. The molecule has 7 nitrogen and oxygen atoms in total. The summed E-state index contributed by atoms with van der Waals surface area (Å²) < 4.78 is 28.2. The number of aromatic nitrogens is 2. The molecule has 0 radical (unpaired) electrons. The van der Waals surface area contributed by atoms with Crippen molar-refractivity contribution in [1.29, 1.82) is 0 Å². The molecule has 1 unspecified atom stereocenters. The molecular weight excluding hydrogens is 364 g/mol. The van der Waals surface area contributed by atoms with Gasteiger partial charge in [-0.25, -0.2) is 8.42 Å². The maximum Gasteiger partial charge on any atom is 0.243 e. The topological polar surface area (TPSA) is 86.4 Å². The number of aromatic amines is 1. The highest BCUT2D eigenvalue weighted by molar-refractivity contribution is 7.89. The van der Waals surface area contributed by atoms with Crippen molar-refractivity contribution in [1.82, 2.24) is 19.4 Å². The normalized spacial score (nSPS) is 18.4. The third-order valence-electron chi connectivity index (χ3n) is 5.12. The highest BCUT2D eigenvalue weighted by Crippen LogP contribution is 2.31. The Hall–Kier alpha value is -2.19. The van der Waals surface area contributed by atoms with Crippen molar-refractivity contribution in [3.63, 3.8) is 0 Å². The molecule has 0 spiro atoms. The van der Waals surface area contributed by atoms with Crippen molar-refractivity contribution in [3.8, 4) is 11.1 Å². The van der Waals surface area contributed by atoms with Crippen LogP contribution in [0.2, 0.25) is 0 Å². The first-order chi connectivity index (χ1) is 13.0. The summed E-state index contributed by atoms with van der Waals surface area (Å²) in [6, 6.07) is 6.93. The van der Waals surface area contributed by atoms with Crippen LogP contribution >= 0.6 is 0 Å². The van der Waals surface area contributed by atoms with Crippen molar-refractivity contribution in [3.05, 3.63) is 36.7 Å². The molecule has 0 aliphatic carbocycles. The van der Waals surface area contributed by atoms with Gasteiger partial charge in [0.25, 0.3) is 0 Å². The molecule has 1 amide bonds. The van der Waals surface area contributed by atoms with E-state index < -0.39 is 10.0 Å². The lowest BCUT2D eigenvalue weighted by atomic mass is 9.98. The van der Waals surface area contributed by atoms with Crippen LogP contribution in [0.25, 0.3) is 11.1 Å². The summed E-state index contributed by atoms with van der Waals surface area (Å²) in [5, 5.41) is 6.65. The van der Waals surface area contributed by atoms with Crippen molar-refractivity contribution in [2.75, 3.05) is 26.2 Å². The van der Waals surface area contributed by atoms with E-state index >= 15 is 0 Å². The molecule has 1 aliphatic rings. The van der Waals surface area contributed by atoms with E-state index in [1.807, 2.05) is 19.9 Å². The van der Waals surface area contributed by atoms with Crippen LogP contribution in [0.15, 0.2) is 41.6 Å². The number of hydrogen-bond donors (Lipinski definition) is 1. The van der Waals surface area contributed by atoms with Crippen LogP contribution in [0.3, 0.4) is 0 Å². The predicted molar refractivity (Wildman–Crippen MR) is 103 cm³/mol. The Balaban J connectivity index is 1.89. The van der Waals surface area contributed by atoms with E-state index in [1.165, 1.54) is 4.31 Å². The van der Waals surface area contributed by atoms with Crippen LogP contribution in [0.4, 0.5) is 0 Å². The molecule has 27 heavy (non-hydrogen) atoms. The number of carbonyl (C=O) groups excluding carboxylic acids is 1. The largest absolute Gasteiger partial charge is 0.343 e. The van der Waals surface area contributed by atoms with Crippen LogP contribution in [0.5, 0.6) is 0 Å². The van der Waals surface area contributed by atoms with Crippen LogP contribution < -0.4 is 0 Å². The summed E-state index contributed by atoms with van der Waals surface area (Å²) in [6.45, 7) is 5.84. The first kappa shape index (κ1) is 19.6. The van der Waals surface area contributed by atoms with Gasteiger partial charge in [0.1, 0.15) is 0 Å². The molecule has 2 heterocycles. The minimum atomic E-state index is -3.70. The van der Waals surface area contributed by atoms with E-state index in [9.17, 15) is 13.2 Å².